The minimum Gasteiger partial charge on any atom is -0.357 e. The standard InChI is InChI=1S/C21H24ClN3O2/c22-17-7-5-16(6-8-17)21(9-10-21)20(27)24-13-15-3-2-12-25(14-15)19(26)18-4-1-11-23-18/h1,4-8,11,15,23H,2-3,9-10,12-14H2,(H,24,27)/t15-/m1/s1. The number of rotatable bonds is 5. The van der Waals surface area contributed by atoms with E-state index in [1.54, 1.807) is 12.3 Å². The Kier molecular flexibility index (Phi) is 4.96. The molecule has 27 heavy (non-hydrogen) atoms. The van der Waals surface area contributed by atoms with E-state index in [1.165, 1.54) is 0 Å². The Morgan fingerprint density at radius 1 is 1.22 bits per heavy atom. The van der Waals surface area contributed by atoms with Crippen LogP contribution in [0.3, 0.4) is 0 Å². The maximum atomic E-state index is 12.8. The van der Waals surface area contributed by atoms with E-state index in [0.29, 0.717) is 29.7 Å². The van der Waals surface area contributed by atoms with Crippen LogP contribution in [0.4, 0.5) is 0 Å². The summed E-state index contributed by atoms with van der Waals surface area (Å²) in [6.45, 7) is 2.08. The van der Waals surface area contributed by atoms with E-state index in [0.717, 1.165) is 37.8 Å². The van der Waals surface area contributed by atoms with E-state index < -0.39 is 0 Å². The SMILES string of the molecule is O=C(c1ccc[nH]1)N1CCC[C@H](CNC(=O)C2(c3ccc(Cl)cc3)CC2)C1. The maximum absolute atomic E-state index is 12.8. The number of piperidine rings is 1. The summed E-state index contributed by atoms with van der Waals surface area (Å²) in [6, 6.07) is 11.2. The Hall–Kier alpha value is -2.27. The minimum atomic E-state index is -0.390. The number of nitrogens with one attached hydrogen (secondary N) is 2. The van der Waals surface area contributed by atoms with Gasteiger partial charge < -0.3 is 15.2 Å². The molecule has 0 spiro atoms. The van der Waals surface area contributed by atoms with Gasteiger partial charge >= 0.3 is 0 Å². The lowest BCUT2D eigenvalue weighted by Crippen LogP contribution is -2.45. The fourth-order valence-corrected chi connectivity index (χ4v) is 4.12. The number of hydrogen-bond acceptors (Lipinski definition) is 2. The molecule has 6 heteroatoms. The summed E-state index contributed by atoms with van der Waals surface area (Å²) >= 11 is 5.97. The van der Waals surface area contributed by atoms with Crippen molar-refractivity contribution in [1.82, 2.24) is 15.2 Å². The summed E-state index contributed by atoms with van der Waals surface area (Å²) < 4.78 is 0. The Bertz CT molecular complexity index is 812. The van der Waals surface area contributed by atoms with Gasteiger partial charge in [-0.25, -0.2) is 0 Å². The molecule has 1 saturated heterocycles. The Balaban J connectivity index is 1.34. The van der Waals surface area contributed by atoms with Crippen LogP contribution < -0.4 is 5.32 Å². The molecule has 2 aliphatic rings. The lowest BCUT2D eigenvalue weighted by atomic mass is 9.93. The molecule has 4 rings (SSSR count). The largest absolute Gasteiger partial charge is 0.357 e. The predicted molar refractivity (Wildman–Crippen MR) is 105 cm³/mol. The Labute approximate surface area is 164 Å². The fourth-order valence-electron chi connectivity index (χ4n) is 4.00. The van der Waals surface area contributed by atoms with Gasteiger partial charge in [0.25, 0.3) is 5.91 Å². The van der Waals surface area contributed by atoms with E-state index in [4.69, 9.17) is 11.6 Å². The highest BCUT2D eigenvalue weighted by molar-refractivity contribution is 6.30. The van der Waals surface area contributed by atoms with Crippen molar-refractivity contribution in [2.24, 2.45) is 5.92 Å². The van der Waals surface area contributed by atoms with Crippen LogP contribution in [0.1, 0.15) is 41.7 Å². The Morgan fingerprint density at radius 2 is 2.00 bits per heavy atom. The van der Waals surface area contributed by atoms with Crippen molar-refractivity contribution in [2.45, 2.75) is 31.1 Å². The molecule has 0 unspecified atom stereocenters. The van der Waals surface area contributed by atoms with Crippen molar-refractivity contribution >= 4 is 23.4 Å². The second-order valence-electron chi connectivity index (χ2n) is 7.64. The van der Waals surface area contributed by atoms with Crippen LogP contribution in [0.5, 0.6) is 0 Å². The first-order valence-corrected chi connectivity index (χ1v) is 9.93. The predicted octanol–water partition coefficient (Wildman–Crippen LogP) is 3.37. The average Bonchev–Trinajstić information content (AvgIpc) is 3.32. The van der Waals surface area contributed by atoms with E-state index >= 15 is 0 Å². The summed E-state index contributed by atoms with van der Waals surface area (Å²) in [5.74, 6) is 0.427. The van der Waals surface area contributed by atoms with E-state index in [9.17, 15) is 9.59 Å². The zero-order chi connectivity index (χ0) is 18.9. The van der Waals surface area contributed by atoms with Gasteiger partial charge in [0, 0.05) is 30.9 Å². The number of nitrogens with zero attached hydrogens (tertiary/aromatic N) is 1. The van der Waals surface area contributed by atoms with Gasteiger partial charge in [-0.3, -0.25) is 9.59 Å². The third-order valence-corrected chi connectivity index (χ3v) is 6.02. The summed E-state index contributed by atoms with van der Waals surface area (Å²) in [6.07, 6.45) is 5.52. The fraction of sp³-hybridized carbons (Fsp3) is 0.429. The number of aromatic nitrogens is 1. The summed E-state index contributed by atoms with van der Waals surface area (Å²) in [5, 5.41) is 3.83. The molecule has 2 heterocycles. The molecule has 1 saturated carbocycles. The number of halogens is 1. The molecular weight excluding hydrogens is 362 g/mol. The van der Waals surface area contributed by atoms with Crippen LogP contribution in [0.2, 0.25) is 5.02 Å². The molecule has 1 aromatic heterocycles. The molecule has 0 radical (unpaired) electrons. The number of carbonyl (C=O) groups excluding carboxylic acids is 2. The maximum Gasteiger partial charge on any atom is 0.270 e. The molecule has 2 N–H and O–H groups in total. The lowest BCUT2D eigenvalue weighted by Gasteiger charge is -2.33. The van der Waals surface area contributed by atoms with Gasteiger partial charge in [0.1, 0.15) is 5.69 Å². The number of likely N-dealkylation sites (tertiary alicyclic amines) is 1. The van der Waals surface area contributed by atoms with Crippen molar-refractivity contribution in [3.8, 4) is 0 Å². The molecule has 2 amide bonds. The van der Waals surface area contributed by atoms with Gasteiger partial charge in [0.15, 0.2) is 0 Å². The summed E-state index contributed by atoms with van der Waals surface area (Å²) in [5.41, 5.74) is 1.27. The highest BCUT2D eigenvalue weighted by Crippen LogP contribution is 2.48. The van der Waals surface area contributed by atoms with Crippen molar-refractivity contribution in [2.75, 3.05) is 19.6 Å². The van der Waals surface area contributed by atoms with Gasteiger partial charge in [-0.1, -0.05) is 23.7 Å². The first-order chi connectivity index (χ1) is 13.1. The van der Waals surface area contributed by atoms with Crippen molar-refractivity contribution < 1.29 is 9.59 Å². The molecule has 1 atom stereocenters. The number of amides is 2. The molecular formula is C21H24ClN3O2. The molecule has 5 nitrogen and oxygen atoms in total. The van der Waals surface area contributed by atoms with Crippen molar-refractivity contribution in [3.63, 3.8) is 0 Å². The zero-order valence-electron chi connectivity index (χ0n) is 15.2. The summed E-state index contributed by atoms with van der Waals surface area (Å²) in [7, 11) is 0. The molecule has 1 aromatic carbocycles. The second kappa shape index (κ2) is 7.39. The van der Waals surface area contributed by atoms with Crippen LogP contribution in [0.25, 0.3) is 0 Å². The highest BCUT2D eigenvalue weighted by atomic mass is 35.5. The summed E-state index contributed by atoms with van der Waals surface area (Å²) in [4.78, 5) is 30.2. The van der Waals surface area contributed by atoms with Gasteiger partial charge in [-0.05, 0) is 61.4 Å². The minimum absolute atomic E-state index is 0.0378. The molecule has 2 aromatic rings. The van der Waals surface area contributed by atoms with Crippen LogP contribution in [0.15, 0.2) is 42.6 Å². The van der Waals surface area contributed by atoms with E-state index in [2.05, 4.69) is 10.3 Å². The quantitative estimate of drug-likeness (QED) is 0.828. The van der Waals surface area contributed by atoms with Crippen molar-refractivity contribution in [1.29, 1.82) is 0 Å². The van der Waals surface area contributed by atoms with Crippen molar-refractivity contribution in [3.05, 3.63) is 58.9 Å². The van der Waals surface area contributed by atoms with Crippen LogP contribution in [-0.4, -0.2) is 41.3 Å². The monoisotopic (exact) mass is 385 g/mol. The normalized spacial score (nSPS) is 20.9. The zero-order valence-corrected chi connectivity index (χ0v) is 16.0. The number of aromatic amines is 1. The first kappa shape index (κ1) is 18.1. The van der Waals surface area contributed by atoms with Crippen LogP contribution >= 0.6 is 11.6 Å². The molecule has 1 aliphatic heterocycles. The molecule has 2 fully saturated rings. The highest BCUT2D eigenvalue weighted by Gasteiger charge is 2.51. The average molecular weight is 386 g/mol. The van der Waals surface area contributed by atoms with Gasteiger partial charge in [0.2, 0.25) is 5.91 Å². The lowest BCUT2D eigenvalue weighted by molar-refractivity contribution is -0.123. The number of hydrogen-bond donors (Lipinski definition) is 2. The number of carbonyl (C=O) groups is 2. The first-order valence-electron chi connectivity index (χ1n) is 9.55. The van der Waals surface area contributed by atoms with Crippen LogP contribution in [0, 0.1) is 5.92 Å². The third kappa shape index (κ3) is 3.74. The molecule has 1 aliphatic carbocycles. The van der Waals surface area contributed by atoms with Gasteiger partial charge in [0.05, 0.1) is 5.41 Å². The Morgan fingerprint density at radius 3 is 2.67 bits per heavy atom. The van der Waals surface area contributed by atoms with Gasteiger partial charge in [-0.15, -0.1) is 0 Å². The third-order valence-electron chi connectivity index (χ3n) is 5.77. The van der Waals surface area contributed by atoms with E-state index in [-0.39, 0.29) is 17.2 Å². The smallest absolute Gasteiger partial charge is 0.270 e. The number of benzene rings is 1. The second-order valence-corrected chi connectivity index (χ2v) is 8.08. The topological polar surface area (TPSA) is 65.2 Å². The van der Waals surface area contributed by atoms with E-state index in [1.807, 2.05) is 35.2 Å². The van der Waals surface area contributed by atoms with Crippen LogP contribution in [-0.2, 0) is 10.2 Å². The molecule has 142 valence electrons. The molecule has 0 bridgehead atoms. The number of H-pyrrole nitrogens is 1. The van der Waals surface area contributed by atoms with Gasteiger partial charge in [-0.2, -0.15) is 0 Å².